The Morgan fingerprint density at radius 3 is 2.82 bits per heavy atom. The lowest BCUT2D eigenvalue weighted by atomic mass is 10.4. The third-order valence-corrected chi connectivity index (χ3v) is 1.38. The van der Waals surface area contributed by atoms with E-state index in [1.165, 1.54) is 11.0 Å². The third kappa shape index (κ3) is 1.54. The molecule has 1 atom stereocenters. The zero-order valence-electron chi connectivity index (χ0n) is 6.35. The van der Waals surface area contributed by atoms with Crippen molar-refractivity contribution in [1.29, 1.82) is 0 Å². The Labute approximate surface area is 63.7 Å². The minimum atomic E-state index is -0.907. The molecule has 0 aliphatic heterocycles. The number of rotatable bonds is 2. The molecule has 5 nitrogen and oxygen atoms in total. The number of carbonyl (C=O) groups is 1. The van der Waals surface area contributed by atoms with Gasteiger partial charge < -0.3 is 5.11 Å². The van der Waals surface area contributed by atoms with Crippen LogP contribution in [0.25, 0.3) is 0 Å². The van der Waals surface area contributed by atoms with E-state index in [0.29, 0.717) is 5.82 Å². The van der Waals surface area contributed by atoms with Crippen LogP contribution in [0, 0.1) is 6.92 Å². The van der Waals surface area contributed by atoms with Crippen LogP contribution in [0.15, 0.2) is 6.33 Å². The van der Waals surface area contributed by atoms with Crippen molar-refractivity contribution >= 4 is 5.97 Å². The molecular weight excluding hydrogens is 146 g/mol. The number of carboxylic acids is 1. The van der Waals surface area contributed by atoms with Gasteiger partial charge in [0.2, 0.25) is 0 Å². The third-order valence-electron chi connectivity index (χ3n) is 1.38. The van der Waals surface area contributed by atoms with Crippen molar-refractivity contribution in [3.8, 4) is 0 Å². The molecule has 1 aromatic rings. The van der Waals surface area contributed by atoms with E-state index < -0.39 is 12.0 Å². The number of hydrogen-bond acceptors (Lipinski definition) is 3. The van der Waals surface area contributed by atoms with Crippen LogP contribution >= 0.6 is 0 Å². The van der Waals surface area contributed by atoms with E-state index in [2.05, 4.69) is 10.1 Å². The highest BCUT2D eigenvalue weighted by molar-refractivity contribution is 5.71. The Hall–Kier alpha value is -1.39. The fourth-order valence-corrected chi connectivity index (χ4v) is 0.661. The smallest absolute Gasteiger partial charge is 0.328 e. The summed E-state index contributed by atoms with van der Waals surface area (Å²) in [5.41, 5.74) is 0. The fraction of sp³-hybridized carbons (Fsp3) is 0.500. The Morgan fingerprint density at radius 2 is 2.45 bits per heavy atom. The molecule has 0 aliphatic rings. The van der Waals surface area contributed by atoms with Crippen LogP contribution in [-0.4, -0.2) is 25.8 Å². The van der Waals surface area contributed by atoms with E-state index in [0.717, 1.165) is 0 Å². The van der Waals surface area contributed by atoms with E-state index in [4.69, 9.17) is 5.11 Å². The highest BCUT2D eigenvalue weighted by Crippen LogP contribution is 2.01. The molecule has 0 saturated carbocycles. The van der Waals surface area contributed by atoms with Crippen LogP contribution in [0.2, 0.25) is 0 Å². The fourth-order valence-electron chi connectivity index (χ4n) is 0.661. The SMILES string of the molecule is Cc1ncn([C@@H](C)C(=O)O)n1. The topological polar surface area (TPSA) is 68.0 Å². The molecule has 60 valence electrons. The van der Waals surface area contributed by atoms with E-state index in [-0.39, 0.29) is 0 Å². The Bertz CT molecular complexity index is 269. The van der Waals surface area contributed by atoms with Crippen LogP contribution in [-0.2, 0) is 4.79 Å². The summed E-state index contributed by atoms with van der Waals surface area (Å²) in [5, 5.41) is 12.4. The zero-order valence-corrected chi connectivity index (χ0v) is 6.35. The second kappa shape index (κ2) is 2.69. The molecule has 0 radical (unpaired) electrons. The lowest BCUT2D eigenvalue weighted by Gasteiger charge is -2.03. The van der Waals surface area contributed by atoms with Crippen molar-refractivity contribution in [2.45, 2.75) is 19.9 Å². The van der Waals surface area contributed by atoms with Crippen LogP contribution in [0.3, 0.4) is 0 Å². The highest BCUT2D eigenvalue weighted by Gasteiger charge is 2.13. The summed E-state index contributed by atoms with van der Waals surface area (Å²) >= 11 is 0. The maximum atomic E-state index is 10.4. The van der Waals surface area contributed by atoms with E-state index in [9.17, 15) is 4.79 Å². The zero-order chi connectivity index (χ0) is 8.43. The largest absolute Gasteiger partial charge is 0.480 e. The van der Waals surface area contributed by atoms with E-state index >= 15 is 0 Å². The van der Waals surface area contributed by atoms with Crippen LogP contribution < -0.4 is 0 Å². The Balaban J connectivity index is 2.84. The molecule has 0 saturated heterocycles. The van der Waals surface area contributed by atoms with Crippen LogP contribution in [0.5, 0.6) is 0 Å². The number of aryl methyl sites for hydroxylation is 1. The first-order chi connectivity index (χ1) is 5.11. The molecule has 1 heterocycles. The van der Waals surface area contributed by atoms with Gasteiger partial charge in [-0.1, -0.05) is 0 Å². The number of carboxylic acid groups (broad SMARTS) is 1. The second-order valence-electron chi connectivity index (χ2n) is 2.29. The van der Waals surface area contributed by atoms with Gasteiger partial charge in [-0.2, -0.15) is 5.10 Å². The summed E-state index contributed by atoms with van der Waals surface area (Å²) in [6.45, 7) is 3.27. The minimum absolute atomic E-state index is 0.582. The molecule has 0 amide bonds. The number of aromatic nitrogens is 3. The lowest BCUT2D eigenvalue weighted by molar-refractivity contribution is -0.140. The molecule has 5 heteroatoms. The average molecular weight is 155 g/mol. The maximum Gasteiger partial charge on any atom is 0.328 e. The highest BCUT2D eigenvalue weighted by atomic mass is 16.4. The molecule has 1 rings (SSSR count). The first-order valence-electron chi connectivity index (χ1n) is 3.22. The molecule has 0 unspecified atom stereocenters. The van der Waals surface area contributed by atoms with Crippen LogP contribution in [0.1, 0.15) is 18.8 Å². The molecule has 0 fully saturated rings. The summed E-state index contributed by atoms with van der Waals surface area (Å²) in [4.78, 5) is 14.2. The quantitative estimate of drug-likeness (QED) is 0.663. The Kier molecular flexibility index (Phi) is 1.89. The van der Waals surface area contributed by atoms with Gasteiger partial charge in [-0.05, 0) is 13.8 Å². The Morgan fingerprint density at radius 1 is 1.82 bits per heavy atom. The summed E-state index contributed by atoms with van der Waals surface area (Å²) in [6.07, 6.45) is 1.41. The van der Waals surface area contributed by atoms with Crippen molar-refractivity contribution in [2.75, 3.05) is 0 Å². The number of hydrogen-bond donors (Lipinski definition) is 1. The average Bonchev–Trinajstić information content (AvgIpc) is 2.34. The summed E-state index contributed by atoms with van der Waals surface area (Å²) < 4.78 is 1.32. The first kappa shape index (κ1) is 7.71. The van der Waals surface area contributed by atoms with Gasteiger partial charge in [0.1, 0.15) is 18.2 Å². The first-order valence-corrected chi connectivity index (χ1v) is 3.22. The number of nitrogens with zero attached hydrogens (tertiary/aromatic N) is 3. The van der Waals surface area contributed by atoms with Gasteiger partial charge in [-0.25, -0.2) is 14.5 Å². The van der Waals surface area contributed by atoms with Crippen molar-refractivity contribution in [2.24, 2.45) is 0 Å². The van der Waals surface area contributed by atoms with Crippen LogP contribution in [0.4, 0.5) is 0 Å². The summed E-state index contributed by atoms with van der Waals surface area (Å²) in [5.74, 6) is -0.326. The summed E-state index contributed by atoms with van der Waals surface area (Å²) in [7, 11) is 0. The van der Waals surface area contributed by atoms with Gasteiger partial charge in [0, 0.05) is 0 Å². The lowest BCUT2D eigenvalue weighted by Crippen LogP contribution is -2.15. The molecule has 0 aliphatic carbocycles. The molecule has 0 aromatic carbocycles. The monoisotopic (exact) mass is 155 g/mol. The van der Waals surface area contributed by atoms with E-state index in [1.807, 2.05) is 0 Å². The predicted octanol–water partition coefficient (Wildman–Crippen LogP) is 0.232. The van der Waals surface area contributed by atoms with Gasteiger partial charge in [-0.15, -0.1) is 0 Å². The maximum absolute atomic E-state index is 10.4. The molecule has 1 N–H and O–H groups in total. The van der Waals surface area contributed by atoms with Gasteiger partial charge >= 0.3 is 5.97 Å². The van der Waals surface area contributed by atoms with Crippen molar-refractivity contribution in [3.05, 3.63) is 12.2 Å². The molecule has 1 aromatic heterocycles. The van der Waals surface area contributed by atoms with Gasteiger partial charge in [-0.3, -0.25) is 0 Å². The normalized spacial score (nSPS) is 12.9. The van der Waals surface area contributed by atoms with Gasteiger partial charge in [0.15, 0.2) is 0 Å². The summed E-state index contributed by atoms with van der Waals surface area (Å²) in [6, 6.07) is -0.642. The van der Waals surface area contributed by atoms with Crippen molar-refractivity contribution in [1.82, 2.24) is 14.8 Å². The van der Waals surface area contributed by atoms with Gasteiger partial charge in [0.05, 0.1) is 0 Å². The minimum Gasteiger partial charge on any atom is -0.480 e. The molecule has 0 spiro atoms. The number of aliphatic carboxylic acids is 1. The molecule has 0 bridgehead atoms. The second-order valence-corrected chi connectivity index (χ2v) is 2.29. The van der Waals surface area contributed by atoms with Gasteiger partial charge in [0.25, 0.3) is 0 Å². The van der Waals surface area contributed by atoms with Crippen molar-refractivity contribution in [3.63, 3.8) is 0 Å². The molecular formula is C6H9N3O2. The van der Waals surface area contributed by atoms with Crippen molar-refractivity contribution < 1.29 is 9.90 Å². The standard InChI is InChI=1S/C6H9N3O2/c1-4(6(10)11)9-3-7-5(2)8-9/h3-4H,1-2H3,(H,10,11)/t4-/m0/s1. The predicted molar refractivity (Wildman–Crippen MR) is 37.1 cm³/mol. The van der Waals surface area contributed by atoms with E-state index in [1.54, 1.807) is 13.8 Å². The molecule has 11 heavy (non-hydrogen) atoms.